The second-order valence-corrected chi connectivity index (χ2v) is 5.14. The van der Waals surface area contributed by atoms with Crippen molar-refractivity contribution in [1.82, 2.24) is 5.32 Å². The van der Waals surface area contributed by atoms with Gasteiger partial charge < -0.3 is 10.4 Å². The number of aryl methyl sites for hydroxylation is 3. The summed E-state index contributed by atoms with van der Waals surface area (Å²) in [7, 11) is 0. The standard InChI is InChI=1S/C14H21NO/c1-10-6-11(2)13(12(3)7-10)14(9-16)4-5-15-8-14/h6-7,15-16H,4-5,8-9H2,1-3H3. The van der Waals surface area contributed by atoms with E-state index in [0.29, 0.717) is 0 Å². The third kappa shape index (κ3) is 1.76. The molecular weight excluding hydrogens is 198 g/mol. The molecule has 1 heterocycles. The molecule has 1 fully saturated rings. The Balaban J connectivity index is 2.54. The van der Waals surface area contributed by atoms with Crippen LogP contribution in [0.3, 0.4) is 0 Å². The number of aliphatic hydroxyl groups excluding tert-OH is 1. The predicted octanol–water partition coefficient (Wildman–Crippen LogP) is 1.84. The SMILES string of the molecule is Cc1cc(C)c(C2(CO)CCNC2)c(C)c1. The Morgan fingerprint density at radius 1 is 1.25 bits per heavy atom. The van der Waals surface area contributed by atoms with Gasteiger partial charge in [-0.2, -0.15) is 0 Å². The van der Waals surface area contributed by atoms with E-state index < -0.39 is 0 Å². The van der Waals surface area contributed by atoms with Crippen molar-refractivity contribution in [2.45, 2.75) is 32.6 Å². The molecule has 1 aliphatic heterocycles. The van der Waals surface area contributed by atoms with Crippen LogP contribution in [0, 0.1) is 20.8 Å². The van der Waals surface area contributed by atoms with Crippen LogP contribution in [-0.2, 0) is 5.41 Å². The van der Waals surface area contributed by atoms with Crippen LogP contribution in [0.15, 0.2) is 12.1 Å². The highest BCUT2D eigenvalue weighted by atomic mass is 16.3. The molecule has 2 heteroatoms. The van der Waals surface area contributed by atoms with Gasteiger partial charge >= 0.3 is 0 Å². The minimum atomic E-state index is -0.0537. The van der Waals surface area contributed by atoms with Crippen molar-refractivity contribution in [3.05, 3.63) is 34.4 Å². The molecule has 0 bridgehead atoms. The summed E-state index contributed by atoms with van der Waals surface area (Å²) < 4.78 is 0. The first-order valence-corrected chi connectivity index (χ1v) is 5.99. The van der Waals surface area contributed by atoms with E-state index in [2.05, 4.69) is 38.2 Å². The van der Waals surface area contributed by atoms with Crippen LogP contribution >= 0.6 is 0 Å². The van der Waals surface area contributed by atoms with Crippen LogP contribution in [0.25, 0.3) is 0 Å². The van der Waals surface area contributed by atoms with Crippen LogP contribution in [0.1, 0.15) is 28.7 Å². The minimum Gasteiger partial charge on any atom is -0.395 e. The Labute approximate surface area is 97.7 Å². The van der Waals surface area contributed by atoms with Gasteiger partial charge in [0.15, 0.2) is 0 Å². The molecule has 2 N–H and O–H groups in total. The van der Waals surface area contributed by atoms with Gasteiger partial charge in [0.25, 0.3) is 0 Å². The molecule has 0 spiro atoms. The fourth-order valence-electron chi connectivity index (χ4n) is 3.19. The molecule has 1 aliphatic rings. The van der Waals surface area contributed by atoms with E-state index >= 15 is 0 Å². The van der Waals surface area contributed by atoms with Gasteiger partial charge in [0.1, 0.15) is 0 Å². The van der Waals surface area contributed by atoms with Crippen molar-refractivity contribution in [2.75, 3.05) is 19.7 Å². The monoisotopic (exact) mass is 219 g/mol. The van der Waals surface area contributed by atoms with Crippen molar-refractivity contribution < 1.29 is 5.11 Å². The number of benzene rings is 1. The molecule has 1 unspecified atom stereocenters. The Morgan fingerprint density at radius 3 is 2.31 bits per heavy atom. The Bertz CT molecular complexity index is 369. The summed E-state index contributed by atoms with van der Waals surface area (Å²) in [5.74, 6) is 0. The second kappa shape index (κ2) is 4.19. The Kier molecular flexibility index (Phi) is 3.04. The van der Waals surface area contributed by atoms with E-state index in [9.17, 15) is 5.11 Å². The minimum absolute atomic E-state index is 0.0537. The lowest BCUT2D eigenvalue weighted by Crippen LogP contribution is -2.34. The van der Waals surface area contributed by atoms with Gasteiger partial charge in [0, 0.05) is 12.0 Å². The van der Waals surface area contributed by atoms with Gasteiger partial charge in [0.2, 0.25) is 0 Å². The van der Waals surface area contributed by atoms with E-state index in [4.69, 9.17) is 0 Å². The van der Waals surface area contributed by atoms with E-state index in [0.717, 1.165) is 19.5 Å². The lowest BCUT2D eigenvalue weighted by molar-refractivity contribution is 0.204. The van der Waals surface area contributed by atoms with Crippen molar-refractivity contribution in [1.29, 1.82) is 0 Å². The molecule has 1 aromatic carbocycles. The quantitative estimate of drug-likeness (QED) is 0.795. The van der Waals surface area contributed by atoms with E-state index in [1.807, 2.05) is 0 Å². The summed E-state index contributed by atoms with van der Waals surface area (Å²) in [6.07, 6.45) is 1.04. The lowest BCUT2D eigenvalue weighted by Gasteiger charge is -2.30. The van der Waals surface area contributed by atoms with Crippen LogP contribution in [-0.4, -0.2) is 24.8 Å². The Morgan fingerprint density at radius 2 is 1.88 bits per heavy atom. The third-order valence-electron chi connectivity index (χ3n) is 3.75. The van der Waals surface area contributed by atoms with E-state index in [-0.39, 0.29) is 12.0 Å². The first kappa shape index (κ1) is 11.6. The van der Waals surface area contributed by atoms with Gasteiger partial charge in [0.05, 0.1) is 6.61 Å². The zero-order valence-electron chi connectivity index (χ0n) is 10.4. The number of aliphatic hydroxyl groups is 1. The molecule has 16 heavy (non-hydrogen) atoms. The number of nitrogens with one attached hydrogen (secondary N) is 1. The Hall–Kier alpha value is -0.860. The van der Waals surface area contributed by atoms with Gasteiger partial charge in [-0.25, -0.2) is 0 Å². The summed E-state index contributed by atoms with van der Waals surface area (Å²) >= 11 is 0. The molecule has 0 aromatic heterocycles. The molecule has 0 aliphatic carbocycles. The molecule has 2 rings (SSSR count). The smallest absolute Gasteiger partial charge is 0.0540 e. The average molecular weight is 219 g/mol. The highest BCUT2D eigenvalue weighted by Crippen LogP contribution is 2.35. The van der Waals surface area contributed by atoms with Crippen LogP contribution in [0.5, 0.6) is 0 Å². The van der Waals surface area contributed by atoms with Crippen molar-refractivity contribution in [2.24, 2.45) is 0 Å². The summed E-state index contributed by atoms with van der Waals surface area (Å²) in [6, 6.07) is 4.44. The fraction of sp³-hybridized carbons (Fsp3) is 0.571. The predicted molar refractivity (Wildman–Crippen MR) is 66.9 cm³/mol. The fourth-order valence-corrected chi connectivity index (χ4v) is 3.19. The molecular formula is C14H21NO. The maximum atomic E-state index is 9.75. The van der Waals surface area contributed by atoms with Crippen LogP contribution in [0.2, 0.25) is 0 Å². The normalized spacial score (nSPS) is 25.0. The molecule has 1 saturated heterocycles. The maximum absolute atomic E-state index is 9.75. The molecule has 1 atom stereocenters. The summed E-state index contributed by atoms with van der Waals surface area (Å²) in [5.41, 5.74) is 5.23. The zero-order chi connectivity index (χ0) is 11.8. The van der Waals surface area contributed by atoms with Crippen molar-refractivity contribution in [3.63, 3.8) is 0 Å². The van der Waals surface area contributed by atoms with Crippen molar-refractivity contribution >= 4 is 0 Å². The summed E-state index contributed by atoms with van der Waals surface area (Å²) in [4.78, 5) is 0. The first-order valence-electron chi connectivity index (χ1n) is 5.99. The molecule has 88 valence electrons. The first-order chi connectivity index (χ1) is 7.59. The number of rotatable bonds is 2. The molecule has 0 saturated carbocycles. The van der Waals surface area contributed by atoms with Gasteiger partial charge in [-0.1, -0.05) is 17.7 Å². The van der Waals surface area contributed by atoms with E-state index in [1.165, 1.54) is 22.3 Å². The van der Waals surface area contributed by atoms with Gasteiger partial charge in [-0.15, -0.1) is 0 Å². The molecule has 2 nitrogen and oxygen atoms in total. The molecule has 1 aromatic rings. The van der Waals surface area contributed by atoms with Gasteiger partial charge in [-0.05, 0) is 50.4 Å². The van der Waals surface area contributed by atoms with Crippen molar-refractivity contribution in [3.8, 4) is 0 Å². The lowest BCUT2D eigenvalue weighted by atomic mass is 9.75. The topological polar surface area (TPSA) is 32.3 Å². The third-order valence-corrected chi connectivity index (χ3v) is 3.75. The van der Waals surface area contributed by atoms with Gasteiger partial charge in [-0.3, -0.25) is 0 Å². The number of hydrogen-bond donors (Lipinski definition) is 2. The molecule has 0 amide bonds. The largest absolute Gasteiger partial charge is 0.395 e. The highest BCUT2D eigenvalue weighted by molar-refractivity contribution is 5.44. The van der Waals surface area contributed by atoms with E-state index in [1.54, 1.807) is 0 Å². The maximum Gasteiger partial charge on any atom is 0.0540 e. The average Bonchev–Trinajstić information content (AvgIpc) is 2.66. The molecule has 0 radical (unpaired) electrons. The second-order valence-electron chi connectivity index (χ2n) is 5.14. The van der Waals surface area contributed by atoms with Crippen LogP contribution < -0.4 is 5.32 Å². The summed E-state index contributed by atoms with van der Waals surface area (Å²) in [6.45, 7) is 8.59. The highest BCUT2D eigenvalue weighted by Gasteiger charge is 2.37. The zero-order valence-corrected chi connectivity index (χ0v) is 10.4. The van der Waals surface area contributed by atoms with Crippen LogP contribution in [0.4, 0.5) is 0 Å². The summed E-state index contributed by atoms with van der Waals surface area (Å²) in [5, 5.41) is 13.1. The number of hydrogen-bond acceptors (Lipinski definition) is 2.